The van der Waals surface area contributed by atoms with Crippen LogP contribution in [0.25, 0.3) is 0 Å². The number of carboxylic acids is 1. The first-order valence-electron chi connectivity index (χ1n) is 6.17. The molecule has 0 spiro atoms. The van der Waals surface area contributed by atoms with Gasteiger partial charge in [-0.1, -0.05) is 6.92 Å². The lowest BCUT2D eigenvalue weighted by atomic mass is 10.1. The molecular weight excluding hydrogens is 234 g/mol. The molecule has 0 radical (unpaired) electrons. The zero-order valence-corrected chi connectivity index (χ0v) is 11.8. The molecule has 0 aromatic carbocycles. The summed E-state index contributed by atoms with van der Waals surface area (Å²) in [4.78, 5) is 26.2. The maximum atomic E-state index is 11.4. The topological polar surface area (TPSA) is 72.9 Å². The standard InChI is InChI=1S/C12H25N3O3/c1-10(12(17)18)8-15(9-11(16)13-2)7-5-6-14(3)4/h10H,5-9H2,1-4H3,(H,13,16)(H,17,18). The molecule has 0 aliphatic rings. The fraction of sp³-hybridized carbons (Fsp3) is 0.833. The van der Waals surface area contributed by atoms with Crippen molar-refractivity contribution in [1.29, 1.82) is 0 Å². The summed E-state index contributed by atoms with van der Waals surface area (Å²) in [5.41, 5.74) is 0. The number of likely N-dealkylation sites (N-methyl/N-ethyl adjacent to an activating group) is 1. The molecule has 0 aromatic heterocycles. The monoisotopic (exact) mass is 259 g/mol. The second kappa shape index (κ2) is 8.88. The molecule has 1 unspecified atom stereocenters. The number of nitrogens with zero attached hydrogens (tertiary/aromatic N) is 2. The van der Waals surface area contributed by atoms with Crippen LogP contribution in [-0.4, -0.2) is 74.1 Å². The van der Waals surface area contributed by atoms with E-state index in [0.29, 0.717) is 6.54 Å². The molecule has 2 N–H and O–H groups in total. The van der Waals surface area contributed by atoms with E-state index in [1.165, 1.54) is 0 Å². The molecule has 0 saturated heterocycles. The number of carbonyl (C=O) groups is 2. The number of aliphatic carboxylic acids is 1. The van der Waals surface area contributed by atoms with Crippen LogP contribution in [0.5, 0.6) is 0 Å². The molecule has 6 heteroatoms. The third-order valence-electron chi connectivity index (χ3n) is 2.68. The molecule has 0 aliphatic carbocycles. The number of rotatable bonds is 9. The smallest absolute Gasteiger partial charge is 0.307 e. The van der Waals surface area contributed by atoms with Crippen LogP contribution < -0.4 is 5.32 Å². The first-order chi connectivity index (χ1) is 8.36. The van der Waals surface area contributed by atoms with E-state index in [1.807, 2.05) is 19.0 Å². The summed E-state index contributed by atoms with van der Waals surface area (Å²) < 4.78 is 0. The third kappa shape index (κ3) is 8.03. The van der Waals surface area contributed by atoms with Crippen molar-refractivity contribution in [1.82, 2.24) is 15.1 Å². The van der Waals surface area contributed by atoms with E-state index in [0.717, 1.165) is 19.5 Å². The van der Waals surface area contributed by atoms with Crippen molar-refractivity contribution < 1.29 is 14.7 Å². The highest BCUT2D eigenvalue weighted by Gasteiger charge is 2.17. The molecule has 0 rings (SSSR count). The van der Waals surface area contributed by atoms with Gasteiger partial charge < -0.3 is 15.3 Å². The van der Waals surface area contributed by atoms with E-state index in [4.69, 9.17) is 5.11 Å². The molecule has 0 aromatic rings. The van der Waals surface area contributed by atoms with Crippen molar-refractivity contribution in [3.05, 3.63) is 0 Å². The van der Waals surface area contributed by atoms with Crippen molar-refractivity contribution in [3.8, 4) is 0 Å². The minimum absolute atomic E-state index is 0.0857. The first-order valence-corrected chi connectivity index (χ1v) is 6.17. The van der Waals surface area contributed by atoms with Gasteiger partial charge in [0.05, 0.1) is 12.5 Å². The van der Waals surface area contributed by atoms with Crippen LogP contribution in [0.3, 0.4) is 0 Å². The zero-order valence-electron chi connectivity index (χ0n) is 11.8. The fourth-order valence-corrected chi connectivity index (χ4v) is 1.59. The molecule has 1 amide bonds. The summed E-state index contributed by atoms with van der Waals surface area (Å²) >= 11 is 0. The molecule has 6 nitrogen and oxygen atoms in total. The van der Waals surface area contributed by atoms with Gasteiger partial charge in [0.1, 0.15) is 0 Å². The summed E-state index contributed by atoms with van der Waals surface area (Å²) in [6.07, 6.45) is 0.913. The number of amides is 1. The van der Waals surface area contributed by atoms with Gasteiger partial charge in [-0.25, -0.2) is 0 Å². The van der Waals surface area contributed by atoms with Gasteiger partial charge in [-0.3, -0.25) is 14.5 Å². The Morgan fingerprint density at radius 1 is 1.28 bits per heavy atom. The van der Waals surface area contributed by atoms with E-state index in [-0.39, 0.29) is 12.5 Å². The molecule has 0 bridgehead atoms. The van der Waals surface area contributed by atoms with E-state index >= 15 is 0 Å². The third-order valence-corrected chi connectivity index (χ3v) is 2.68. The van der Waals surface area contributed by atoms with Gasteiger partial charge in [0.2, 0.25) is 5.91 Å². The average Bonchev–Trinajstić information content (AvgIpc) is 2.27. The molecule has 0 saturated carbocycles. The highest BCUT2D eigenvalue weighted by atomic mass is 16.4. The van der Waals surface area contributed by atoms with Crippen molar-refractivity contribution >= 4 is 11.9 Å². The number of carbonyl (C=O) groups excluding carboxylic acids is 1. The summed E-state index contributed by atoms with van der Waals surface area (Å²) in [6, 6.07) is 0. The van der Waals surface area contributed by atoms with E-state index in [2.05, 4.69) is 10.2 Å². The molecule has 1 atom stereocenters. The van der Waals surface area contributed by atoms with Gasteiger partial charge in [-0.05, 0) is 33.6 Å². The Hall–Kier alpha value is -1.14. The van der Waals surface area contributed by atoms with Crippen LogP contribution in [0.4, 0.5) is 0 Å². The Balaban J connectivity index is 4.23. The summed E-state index contributed by atoms with van der Waals surface area (Å²) in [7, 11) is 5.56. The Morgan fingerprint density at radius 2 is 1.89 bits per heavy atom. The second-order valence-electron chi connectivity index (χ2n) is 4.80. The summed E-state index contributed by atoms with van der Waals surface area (Å²) in [6.45, 7) is 3.96. The van der Waals surface area contributed by atoms with Gasteiger partial charge in [-0.15, -0.1) is 0 Å². The van der Waals surface area contributed by atoms with Crippen LogP contribution in [0.15, 0.2) is 0 Å². The second-order valence-corrected chi connectivity index (χ2v) is 4.80. The lowest BCUT2D eigenvalue weighted by Crippen LogP contribution is -2.40. The summed E-state index contributed by atoms with van der Waals surface area (Å²) in [5.74, 6) is -1.38. The maximum absolute atomic E-state index is 11.4. The largest absolute Gasteiger partial charge is 0.481 e. The van der Waals surface area contributed by atoms with Crippen molar-refractivity contribution in [2.45, 2.75) is 13.3 Å². The normalized spacial score (nSPS) is 12.8. The molecule has 0 fully saturated rings. The van der Waals surface area contributed by atoms with Crippen molar-refractivity contribution in [2.24, 2.45) is 5.92 Å². The Morgan fingerprint density at radius 3 is 2.33 bits per heavy atom. The van der Waals surface area contributed by atoms with E-state index in [1.54, 1.807) is 14.0 Å². The molecule has 18 heavy (non-hydrogen) atoms. The fourth-order valence-electron chi connectivity index (χ4n) is 1.59. The Labute approximate surface area is 109 Å². The molecule has 0 aliphatic heterocycles. The van der Waals surface area contributed by atoms with Crippen LogP contribution in [0.1, 0.15) is 13.3 Å². The number of carboxylic acid groups (broad SMARTS) is 1. The average molecular weight is 259 g/mol. The van der Waals surface area contributed by atoms with Crippen molar-refractivity contribution in [2.75, 3.05) is 47.3 Å². The minimum Gasteiger partial charge on any atom is -0.481 e. The maximum Gasteiger partial charge on any atom is 0.307 e. The number of nitrogens with one attached hydrogen (secondary N) is 1. The van der Waals surface area contributed by atoms with Gasteiger partial charge in [-0.2, -0.15) is 0 Å². The summed E-state index contributed by atoms with van der Waals surface area (Å²) in [5, 5.41) is 11.5. The predicted octanol–water partition coefficient (Wildman–Crippen LogP) is -0.293. The van der Waals surface area contributed by atoms with Crippen molar-refractivity contribution in [3.63, 3.8) is 0 Å². The van der Waals surface area contributed by atoms with Gasteiger partial charge in [0.25, 0.3) is 0 Å². The minimum atomic E-state index is -0.829. The van der Waals surface area contributed by atoms with E-state index in [9.17, 15) is 9.59 Å². The van der Waals surface area contributed by atoms with Crippen LogP contribution in [0, 0.1) is 5.92 Å². The predicted molar refractivity (Wildman–Crippen MR) is 70.5 cm³/mol. The van der Waals surface area contributed by atoms with Crippen LogP contribution in [0.2, 0.25) is 0 Å². The van der Waals surface area contributed by atoms with Gasteiger partial charge >= 0.3 is 5.97 Å². The molecular formula is C12H25N3O3. The highest BCUT2D eigenvalue weighted by Crippen LogP contribution is 2.02. The highest BCUT2D eigenvalue weighted by molar-refractivity contribution is 5.77. The lowest BCUT2D eigenvalue weighted by molar-refractivity contribution is -0.142. The van der Waals surface area contributed by atoms with Crippen LogP contribution in [-0.2, 0) is 9.59 Å². The molecule has 106 valence electrons. The molecule has 0 heterocycles. The van der Waals surface area contributed by atoms with E-state index < -0.39 is 11.9 Å². The number of hydrogen-bond donors (Lipinski definition) is 2. The Kier molecular flexibility index (Phi) is 8.32. The Bertz CT molecular complexity index is 269. The zero-order chi connectivity index (χ0) is 14.1. The lowest BCUT2D eigenvalue weighted by Gasteiger charge is -2.24. The van der Waals surface area contributed by atoms with Crippen LogP contribution >= 0.6 is 0 Å². The SMILES string of the molecule is CNC(=O)CN(CCCN(C)C)CC(C)C(=O)O. The van der Waals surface area contributed by atoms with Gasteiger partial charge in [0.15, 0.2) is 0 Å². The first kappa shape index (κ1) is 16.9. The number of hydrogen-bond acceptors (Lipinski definition) is 4. The quantitative estimate of drug-likeness (QED) is 0.595. The van der Waals surface area contributed by atoms with Gasteiger partial charge in [0, 0.05) is 13.6 Å².